The highest BCUT2D eigenvalue weighted by Crippen LogP contribution is 2.17. The van der Waals surface area contributed by atoms with Crippen molar-refractivity contribution in [2.45, 2.75) is 19.9 Å². The molecule has 0 bridgehead atoms. The van der Waals surface area contributed by atoms with Gasteiger partial charge in [-0.3, -0.25) is 4.79 Å². The van der Waals surface area contributed by atoms with E-state index in [9.17, 15) is 4.79 Å². The monoisotopic (exact) mass is 302 g/mol. The third-order valence-electron chi connectivity index (χ3n) is 2.89. The Morgan fingerprint density at radius 1 is 1.25 bits per heavy atom. The van der Waals surface area contributed by atoms with E-state index in [4.69, 9.17) is 15.2 Å². The van der Waals surface area contributed by atoms with Crippen LogP contribution in [0.2, 0.25) is 0 Å². The lowest BCUT2D eigenvalue weighted by atomic mass is 10.3. The third kappa shape index (κ3) is 5.67. The van der Waals surface area contributed by atoms with Crippen LogP contribution in [0.4, 0.5) is 0 Å². The fourth-order valence-electron chi connectivity index (χ4n) is 1.45. The van der Waals surface area contributed by atoms with Crippen molar-refractivity contribution < 1.29 is 14.3 Å². The Hall–Kier alpha value is -1.46. The normalized spacial score (nSPS) is 11.2. The van der Waals surface area contributed by atoms with E-state index in [0.717, 1.165) is 5.75 Å². The molecule has 0 saturated carbocycles. The minimum absolute atomic E-state index is 0. The highest BCUT2D eigenvalue weighted by atomic mass is 35.5. The molecule has 0 aliphatic heterocycles. The topological polar surface area (TPSA) is 64.8 Å². The van der Waals surface area contributed by atoms with Crippen LogP contribution in [0.3, 0.4) is 0 Å². The summed E-state index contributed by atoms with van der Waals surface area (Å²) in [4.78, 5) is 13.4. The van der Waals surface area contributed by atoms with Crippen molar-refractivity contribution in [3.8, 4) is 11.5 Å². The summed E-state index contributed by atoms with van der Waals surface area (Å²) in [5, 5.41) is 0. The van der Waals surface area contributed by atoms with E-state index < -0.39 is 0 Å². The zero-order chi connectivity index (χ0) is 14.3. The predicted molar refractivity (Wildman–Crippen MR) is 81.6 cm³/mol. The van der Waals surface area contributed by atoms with Crippen LogP contribution in [-0.4, -0.2) is 43.7 Å². The second-order valence-electron chi connectivity index (χ2n) is 4.28. The molecular weight excluding hydrogens is 280 g/mol. The number of halogens is 1. The highest BCUT2D eigenvalue weighted by molar-refractivity contribution is 5.85. The summed E-state index contributed by atoms with van der Waals surface area (Å²) in [7, 11) is 1.72. The molecule has 5 nitrogen and oxygen atoms in total. The SMILES string of the molecule is CCOc1ccc(OCC(=O)N(C)C(C)CN)cc1.Cl. The summed E-state index contributed by atoms with van der Waals surface area (Å²) in [5.74, 6) is 1.34. The summed E-state index contributed by atoms with van der Waals surface area (Å²) >= 11 is 0. The van der Waals surface area contributed by atoms with E-state index in [0.29, 0.717) is 18.9 Å². The number of hydrogen-bond acceptors (Lipinski definition) is 4. The summed E-state index contributed by atoms with van der Waals surface area (Å²) in [5.41, 5.74) is 5.51. The molecule has 1 aromatic rings. The molecule has 0 saturated heterocycles. The molecule has 1 rings (SSSR count). The van der Waals surface area contributed by atoms with Gasteiger partial charge in [-0.25, -0.2) is 0 Å². The first-order chi connectivity index (χ1) is 9.08. The zero-order valence-corrected chi connectivity index (χ0v) is 13.0. The molecule has 0 aliphatic carbocycles. The summed E-state index contributed by atoms with van der Waals surface area (Å²) in [6.45, 7) is 4.90. The molecule has 6 heteroatoms. The molecule has 0 aromatic heterocycles. The van der Waals surface area contributed by atoms with Crippen molar-refractivity contribution in [3.05, 3.63) is 24.3 Å². The van der Waals surface area contributed by atoms with Gasteiger partial charge in [0.2, 0.25) is 0 Å². The van der Waals surface area contributed by atoms with Gasteiger partial charge in [-0.1, -0.05) is 0 Å². The van der Waals surface area contributed by atoms with Gasteiger partial charge in [-0.05, 0) is 38.1 Å². The Kier molecular flexibility index (Phi) is 8.76. The molecule has 0 heterocycles. The van der Waals surface area contributed by atoms with Gasteiger partial charge in [-0.15, -0.1) is 12.4 Å². The van der Waals surface area contributed by atoms with Crippen LogP contribution in [0, 0.1) is 0 Å². The van der Waals surface area contributed by atoms with E-state index in [1.54, 1.807) is 24.1 Å². The van der Waals surface area contributed by atoms with Gasteiger partial charge in [0.25, 0.3) is 5.91 Å². The van der Waals surface area contributed by atoms with Crippen LogP contribution in [0.5, 0.6) is 11.5 Å². The van der Waals surface area contributed by atoms with Crippen molar-refractivity contribution in [3.63, 3.8) is 0 Å². The van der Waals surface area contributed by atoms with Gasteiger partial charge >= 0.3 is 0 Å². The molecular formula is C14H23ClN2O3. The quantitative estimate of drug-likeness (QED) is 0.832. The van der Waals surface area contributed by atoms with Crippen LogP contribution in [0.25, 0.3) is 0 Å². The van der Waals surface area contributed by atoms with Gasteiger partial charge in [0.05, 0.1) is 6.61 Å². The third-order valence-corrected chi connectivity index (χ3v) is 2.89. The number of nitrogens with zero attached hydrogens (tertiary/aromatic N) is 1. The highest BCUT2D eigenvalue weighted by Gasteiger charge is 2.14. The van der Waals surface area contributed by atoms with Crippen molar-refractivity contribution >= 4 is 18.3 Å². The first kappa shape index (κ1) is 18.5. The fourth-order valence-corrected chi connectivity index (χ4v) is 1.45. The number of rotatable bonds is 7. The lowest BCUT2D eigenvalue weighted by Crippen LogP contribution is -2.42. The average molecular weight is 303 g/mol. The first-order valence-corrected chi connectivity index (χ1v) is 6.39. The predicted octanol–water partition coefficient (Wildman–Crippen LogP) is 1.69. The van der Waals surface area contributed by atoms with Crippen LogP contribution < -0.4 is 15.2 Å². The maximum atomic E-state index is 11.8. The fraction of sp³-hybridized carbons (Fsp3) is 0.500. The minimum atomic E-state index is -0.0909. The molecule has 1 unspecified atom stereocenters. The van der Waals surface area contributed by atoms with Crippen LogP contribution in [-0.2, 0) is 4.79 Å². The van der Waals surface area contributed by atoms with E-state index in [1.165, 1.54) is 0 Å². The van der Waals surface area contributed by atoms with Gasteiger partial charge in [-0.2, -0.15) is 0 Å². The number of carbonyl (C=O) groups excluding carboxylic acids is 1. The van der Waals surface area contributed by atoms with E-state index in [1.807, 2.05) is 26.0 Å². The largest absolute Gasteiger partial charge is 0.494 e. The number of hydrogen-bond donors (Lipinski definition) is 1. The Labute approximate surface area is 126 Å². The molecule has 0 aliphatic rings. The van der Waals surface area contributed by atoms with Crippen molar-refractivity contribution in [2.24, 2.45) is 5.73 Å². The number of ether oxygens (including phenoxy) is 2. The molecule has 20 heavy (non-hydrogen) atoms. The van der Waals surface area contributed by atoms with Gasteiger partial charge in [0.1, 0.15) is 11.5 Å². The maximum Gasteiger partial charge on any atom is 0.260 e. The smallest absolute Gasteiger partial charge is 0.260 e. The first-order valence-electron chi connectivity index (χ1n) is 6.39. The van der Waals surface area contributed by atoms with Crippen LogP contribution in [0.15, 0.2) is 24.3 Å². The lowest BCUT2D eigenvalue weighted by molar-refractivity contribution is -0.133. The standard InChI is InChI=1S/C14H22N2O3.ClH/c1-4-18-12-5-7-13(8-6-12)19-10-14(17)16(3)11(2)9-15;/h5-8,11H,4,9-10,15H2,1-3H3;1H. The van der Waals surface area contributed by atoms with Gasteiger partial charge in [0.15, 0.2) is 6.61 Å². The van der Waals surface area contributed by atoms with Crippen LogP contribution >= 0.6 is 12.4 Å². The van der Waals surface area contributed by atoms with Crippen molar-refractivity contribution in [1.82, 2.24) is 4.90 Å². The summed E-state index contributed by atoms with van der Waals surface area (Å²) < 4.78 is 10.8. The number of nitrogens with two attached hydrogens (primary N) is 1. The van der Waals surface area contributed by atoms with Crippen LogP contribution in [0.1, 0.15) is 13.8 Å². The number of benzene rings is 1. The molecule has 1 aromatic carbocycles. The number of amides is 1. The van der Waals surface area contributed by atoms with E-state index in [-0.39, 0.29) is 31.0 Å². The molecule has 1 amide bonds. The van der Waals surface area contributed by atoms with E-state index in [2.05, 4.69) is 0 Å². The minimum Gasteiger partial charge on any atom is -0.494 e. The zero-order valence-electron chi connectivity index (χ0n) is 12.2. The van der Waals surface area contributed by atoms with Crippen molar-refractivity contribution in [1.29, 1.82) is 0 Å². The molecule has 2 N–H and O–H groups in total. The lowest BCUT2D eigenvalue weighted by Gasteiger charge is -2.23. The number of carbonyl (C=O) groups is 1. The molecule has 0 fully saturated rings. The second-order valence-corrected chi connectivity index (χ2v) is 4.28. The number of likely N-dealkylation sites (N-methyl/N-ethyl adjacent to an activating group) is 1. The summed E-state index contributed by atoms with van der Waals surface area (Å²) in [6.07, 6.45) is 0. The Balaban J connectivity index is 0.00000361. The molecule has 0 spiro atoms. The Bertz CT molecular complexity index is 398. The van der Waals surface area contributed by atoms with Crippen molar-refractivity contribution in [2.75, 3.05) is 26.8 Å². The van der Waals surface area contributed by atoms with Gasteiger partial charge in [0, 0.05) is 19.6 Å². The molecule has 1 atom stereocenters. The Morgan fingerprint density at radius 2 is 1.75 bits per heavy atom. The Morgan fingerprint density at radius 3 is 2.20 bits per heavy atom. The molecule has 0 radical (unpaired) electrons. The maximum absolute atomic E-state index is 11.8. The molecule has 114 valence electrons. The summed E-state index contributed by atoms with van der Waals surface area (Å²) in [6, 6.07) is 7.21. The average Bonchev–Trinajstić information content (AvgIpc) is 2.44. The van der Waals surface area contributed by atoms with Gasteiger partial charge < -0.3 is 20.1 Å². The van der Waals surface area contributed by atoms with E-state index >= 15 is 0 Å². The second kappa shape index (κ2) is 9.44.